The molecule has 1 atom stereocenters. The summed E-state index contributed by atoms with van der Waals surface area (Å²) in [5.41, 5.74) is 2.47. The van der Waals surface area contributed by atoms with Gasteiger partial charge in [0, 0.05) is 21.2 Å². The van der Waals surface area contributed by atoms with Crippen molar-refractivity contribution in [2.24, 2.45) is 0 Å². The van der Waals surface area contributed by atoms with Gasteiger partial charge in [-0.15, -0.1) is 11.8 Å². The van der Waals surface area contributed by atoms with Gasteiger partial charge in [0.2, 0.25) is 5.91 Å². The Morgan fingerprint density at radius 1 is 0.833 bits per heavy atom. The van der Waals surface area contributed by atoms with Crippen molar-refractivity contribution in [3.05, 3.63) is 118 Å². The van der Waals surface area contributed by atoms with Crippen molar-refractivity contribution in [3.63, 3.8) is 0 Å². The lowest BCUT2D eigenvalue weighted by molar-refractivity contribution is -0.115. The third-order valence-corrected chi connectivity index (χ3v) is 7.04. The Bertz CT molecular complexity index is 1370. The summed E-state index contributed by atoms with van der Waals surface area (Å²) in [6, 6.07) is 28.7. The van der Waals surface area contributed by atoms with Gasteiger partial charge in [-0.1, -0.05) is 59.6 Å². The predicted molar refractivity (Wildman–Crippen MR) is 148 cm³/mol. The number of carbonyl (C=O) groups excluding carboxylic acids is 2. The van der Waals surface area contributed by atoms with E-state index in [4.69, 9.17) is 27.9 Å². The molecule has 8 heteroatoms. The molecule has 0 spiro atoms. The molecule has 0 fully saturated rings. The van der Waals surface area contributed by atoms with Crippen LogP contribution in [-0.4, -0.2) is 18.9 Å². The summed E-state index contributed by atoms with van der Waals surface area (Å²) in [6.45, 7) is 0. The Kier molecular flexibility index (Phi) is 8.54. The molecule has 0 bridgehead atoms. The van der Waals surface area contributed by atoms with E-state index in [-0.39, 0.29) is 11.8 Å². The molecule has 0 heterocycles. The molecule has 182 valence electrons. The number of benzene rings is 4. The van der Waals surface area contributed by atoms with Crippen molar-refractivity contribution in [2.45, 2.75) is 10.1 Å². The van der Waals surface area contributed by atoms with Gasteiger partial charge in [-0.2, -0.15) is 0 Å². The van der Waals surface area contributed by atoms with E-state index in [9.17, 15) is 9.59 Å². The Balaban J connectivity index is 1.49. The Hall–Kier alpha value is -3.45. The van der Waals surface area contributed by atoms with Gasteiger partial charge in [-0.05, 0) is 66.2 Å². The highest BCUT2D eigenvalue weighted by atomic mass is 35.5. The van der Waals surface area contributed by atoms with E-state index >= 15 is 0 Å². The first kappa shape index (κ1) is 25.6. The third kappa shape index (κ3) is 6.61. The van der Waals surface area contributed by atoms with Crippen molar-refractivity contribution < 1.29 is 14.3 Å². The van der Waals surface area contributed by atoms with Gasteiger partial charge >= 0.3 is 0 Å². The standard InChI is InChI=1S/C28H22Cl2N2O3S/c1-35-22-9-5-8-19(16-22)27(33)31-21-11-13-23(14-12-21)36-26(18-6-3-2-4-7-18)28(34)32-25-15-10-20(29)17-24(25)30/h2-17,26H,1H3,(H,31,33)(H,32,34). The fourth-order valence-electron chi connectivity index (χ4n) is 3.41. The minimum absolute atomic E-state index is 0.217. The molecular formula is C28H22Cl2N2O3S. The monoisotopic (exact) mass is 536 g/mol. The van der Waals surface area contributed by atoms with E-state index in [1.807, 2.05) is 42.5 Å². The maximum absolute atomic E-state index is 13.3. The number of thioether (sulfide) groups is 1. The number of nitrogens with one attached hydrogen (secondary N) is 2. The van der Waals surface area contributed by atoms with Crippen molar-refractivity contribution in [1.29, 1.82) is 0 Å². The number of rotatable bonds is 8. The summed E-state index contributed by atoms with van der Waals surface area (Å²) in [5.74, 6) is 0.154. The van der Waals surface area contributed by atoms with E-state index in [1.54, 1.807) is 61.7 Å². The van der Waals surface area contributed by atoms with Crippen LogP contribution in [0.15, 0.2) is 102 Å². The molecule has 0 radical (unpaired) electrons. The van der Waals surface area contributed by atoms with E-state index in [1.165, 1.54) is 11.8 Å². The van der Waals surface area contributed by atoms with Crippen molar-refractivity contribution in [2.75, 3.05) is 17.7 Å². The van der Waals surface area contributed by atoms with Gasteiger partial charge in [0.15, 0.2) is 0 Å². The van der Waals surface area contributed by atoms with Gasteiger partial charge in [0.25, 0.3) is 5.91 Å². The van der Waals surface area contributed by atoms with Crippen LogP contribution < -0.4 is 15.4 Å². The van der Waals surface area contributed by atoms with Gasteiger partial charge in [0.05, 0.1) is 17.8 Å². The van der Waals surface area contributed by atoms with E-state index in [2.05, 4.69) is 10.6 Å². The number of hydrogen-bond acceptors (Lipinski definition) is 4. The molecule has 0 aliphatic carbocycles. The molecule has 36 heavy (non-hydrogen) atoms. The molecule has 0 aliphatic rings. The molecule has 0 aliphatic heterocycles. The molecule has 1 unspecified atom stereocenters. The van der Waals surface area contributed by atoms with Crippen molar-refractivity contribution in [3.8, 4) is 5.75 Å². The van der Waals surface area contributed by atoms with Gasteiger partial charge < -0.3 is 15.4 Å². The third-order valence-electron chi connectivity index (χ3n) is 5.23. The van der Waals surface area contributed by atoms with Crippen LogP contribution in [0, 0.1) is 0 Å². The predicted octanol–water partition coefficient (Wildman–Crippen LogP) is 7.73. The molecule has 4 aromatic rings. The summed E-state index contributed by atoms with van der Waals surface area (Å²) in [5, 5.41) is 6.11. The largest absolute Gasteiger partial charge is 0.497 e. The second-order valence-corrected chi connectivity index (χ2v) is 9.75. The molecule has 0 aromatic heterocycles. The first-order chi connectivity index (χ1) is 17.4. The van der Waals surface area contributed by atoms with Crippen LogP contribution in [-0.2, 0) is 4.79 Å². The molecule has 2 amide bonds. The molecule has 0 saturated heterocycles. The Labute approximate surface area is 223 Å². The van der Waals surface area contributed by atoms with Crippen LogP contribution >= 0.6 is 35.0 Å². The zero-order chi connectivity index (χ0) is 25.5. The fraction of sp³-hybridized carbons (Fsp3) is 0.0714. The quantitative estimate of drug-likeness (QED) is 0.226. The maximum atomic E-state index is 13.3. The van der Waals surface area contributed by atoms with Crippen LogP contribution in [0.2, 0.25) is 10.0 Å². The zero-order valence-electron chi connectivity index (χ0n) is 19.2. The van der Waals surface area contributed by atoms with Crippen molar-refractivity contribution in [1.82, 2.24) is 0 Å². The lowest BCUT2D eigenvalue weighted by atomic mass is 10.1. The first-order valence-electron chi connectivity index (χ1n) is 11.0. The van der Waals surface area contributed by atoms with Crippen LogP contribution in [0.3, 0.4) is 0 Å². The fourth-order valence-corrected chi connectivity index (χ4v) is 4.89. The highest BCUT2D eigenvalue weighted by Crippen LogP contribution is 2.37. The number of methoxy groups -OCH3 is 1. The minimum atomic E-state index is -0.532. The maximum Gasteiger partial charge on any atom is 0.255 e. The number of halogens is 2. The number of ether oxygens (including phenoxy) is 1. The second-order valence-electron chi connectivity index (χ2n) is 7.73. The first-order valence-corrected chi connectivity index (χ1v) is 12.6. The highest BCUT2D eigenvalue weighted by molar-refractivity contribution is 8.00. The zero-order valence-corrected chi connectivity index (χ0v) is 21.5. The second kappa shape index (κ2) is 12.0. The lowest BCUT2D eigenvalue weighted by Crippen LogP contribution is -2.19. The number of hydrogen-bond donors (Lipinski definition) is 2. The molecule has 4 rings (SSSR count). The summed E-state index contributed by atoms with van der Waals surface area (Å²) >= 11 is 13.6. The van der Waals surface area contributed by atoms with Crippen LogP contribution in [0.25, 0.3) is 0 Å². The topological polar surface area (TPSA) is 67.4 Å². The van der Waals surface area contributed by atoms with E-state index in [0.29, 0.717) is 32.7 Å². The summed E-state index contributed by atoms with van der Waals surface area (Å²) in [4.78, 5) is 26.7. The normalized spacial score (nSPS) is 11.4. The number of amides is 2. The lowest BCUT2D eigenvalue weighted by Gasteiger charge is -2.18. The number of carbonyl (C=O) groups is 2. The van der Waals surface area contributed by atoms with Crippen LogP contribution in [0.4, 0.5) is 11.4 Å². The number of anilines is 2. The van der Waals surface area contributed by atoms with Gasteiger partial charge in [0.1, 0.15) is 11.0 Å². The summed E-state index contributed by atoms with van der Waals surface area (Å²) in [7, 11) is 1.56. The average molecular weight is 537 g/mol. The summed E-state index contributed by atoms with van der Waals surface area (Å²) < 4.78 is 5.18. The molecule has 5 nitrogen and oxygen atoms in total. The van der Waals surface area contributed by atoms with Crippen LogP contribution in [0.1, 0.15) is 21.2 Å². The molecular weight excluding hydrogens is 515 g/mol. The van der Waals surface area contributed by atoms with Gasteiger partial charge in [-0.25, -0.2) is 0 Å². The average Bonchev–Trinajstić information content (AvgIpc) is 2.90. The highest BCUT2D eigenvalue weighted by Gasteiger charge is 2.23. The minimum Gasteiger partial charge on any atom is -0.497 e. The van der Waals surface area contributed by atoms with Gasteiger partial charge in [-0.3, -0.25) is 9.59 Å². The Morgan fingerprint density at radius 2 is 1.58 bits per heavy atom. The van der Waals surface area contributed by atoms with E-state index in [0.717, 1.165) is 10.5 Å². The molecule has 2 N–H and O–H groups in total. The smallest absolute Gasteiger partial charge is 0.255 e. The van der Waals surface area contributed by atoms with Crippen LogP contribution in [0.5, 0.6) is 5.75 Å². The Morgan fingerprint density at radius 3 is 2.28 bits per heavy atom. The molecule has 0 saturated carbocycles. The van der Waals surface area contributed by atoms with Crippen molar-refractivity contribution >= 4 is 58.2 Å². The van der Waals surface area contributed by atoms with E-state index < -0.39 is 5.25 Å². The SMILES string of the molecule is COc1cccc(C(=O)Nc2ccc(SC(C(=O)Nc3ccc(Cl)cc3Cl)c3ccccc3)cc2)c1. The summed E-state index contributed by atoms with van der Waals surface area (Å²) in [6.07, 6.45) is 0. The molecule has 4 aromatic carbocycles.